The third kappa shape index (κ3) is 3.23. The molecule has 0 aromatic heterocycles. The molecule has 1 N–H and O–H groups in total. The summed E-state index contributed by atoms with van der Waals surface area (Å²) in [5, 5.41) is 13.8. The van der Waals surface area contributed by atoms with Crippen molar-refractivity contribution in [2.45, 2.75) is 4.90 Å². The monoisotopic (exact) mass is 278 g/mol. The van der Waals surface area contributed by atoms with Gasteiger partial charge in [-0.25, -0.2) is 4.39 Å². The molecular weight excluding hydrogens is 267 g/mol. The standard InChI is InChI=1S/C13H11FN2O2S/c1-19-11-4-2-3-10(8-11)15-12-7-9(14)5-6-13(12)16(17)18/h2-8,15H,1H3. The van der Waals surface area contributed by atoms with Gasteiger partial charge in [0.1, 0.15) is 11.5 Å². The van der Waals surface area contributed by atoms with E-state index in [4.69, 9.17) is 0 Å². The molecule has 2 aromatic carbocycles. The molecule has 0 spiro atoms. The first kappa shape index (κ1) is 13.4. The van der Waals surface area contributed by atoms with E-state index in [1.165, 1.54) is 0 Å². The van der Waals surface area contributed by atoms with Crippen molar-refractivity contribution in [3.05, 3.63) is 58.4 Å². The van der Waals surface area contributed by atoms with Crippen molar-refractivity contribution in [3.63, 3.8) is 0 Å². The molecule has 0 atom stereocenters. The van der Waals surface area contributed by atoms with Gasteiger partial charge in [-0.1, -0.05) is 6.07 Å². The van der Waals surface area contributed by atoms with Crippen LogP contribution in [0.5, 0.6) is 0 Å². The van der Waals surface area contributed by atoms with Crippen LogP contribution in [0.1, 0.15) is 0 Å². The van der Waals surface area contributed by atoms with E-state index in [0.717, 1.165) is 23.1 Å². The minimum atomic E-state index is -0.541. The molecular formula is C13H11FN2O2S. The van der Waals surface area contributed by atoms with Crippen molar-refractivity contribution in [2.24, 2.45) is 0 Å². The second kappa shape index (κ2) is 5.71. The van der Waals surface area contributed by atoms with Gasteiger partial charge in [0.15, 0.2) is 0 Å². The third-order valence-corrected chi connectivity index (χ3v) is 3.23. The fraction of sp³-hybridized carbons (Fsp3) is 0.0769. The maximum Gasteiger partial charge on any atom is 0.292 e. The van der Waals surface area contributed by atoms with Gasteiger partial charge >= 0.3 is 0 Å². The zero-order chi connectivity index (χ0) is 13.8. The fourth-order valence-electron chi connectivity index (χ4n) is 1.62. The average molecular weight is 278 g/mol. The van der Waals surface area contributed by atoms with Crippen LogP contribution in [0, 0.1) is 15.9 Å². The minimum absolute atomic E-state index is 0.142. The van der Waals surface area contributed by atoms with Crippen LogP contribution in [-0.2, 0) is 0 Å². The number of nitrogens with one attached hydrogen (secondary N) is 1. The first-order chi connectivity index (χ1) is 9.10. The summed E-state index contributed by atoms with van der Waals surface area (Å²) in [5.41, 5.74) is 0.666. The van der Waals surface area contributed by atoms with Crippen molar-refractivity contribution in [1.82, 2.24) is 0 Å². The predicted octanol–water partition coefficient (Wildman–Crippen LogP) is 4.20. The largest absolute Gasteiger partial charge is 0.350 e. The SMILES string of the molecule is CSc1cccc(Nc2cc(F)ccc2[N+](=O)[O-])c1. The number of halogens is 1. The van der Waals surface area contributed by atoms with Crippen LogP contribution in [0.25, 0.3) is 0 Å². The Kier molecular flexibility index (Phi) is 4.01. The van der Waals surface area contributed by atoms with E-state index in [9.17, 15) is 14.5 Å². The number of thioether (sulfide) groups is 1. The zero-order valence-corrected chi connectivity index (χ0v) is 10.9. The number of anilines is 2. The van der Waals surface area contributed by atoms with Gasteiger partial charge in [-0.2, -0.15) is 0 Å². The van der Waals surface area contributed by atoms with Crippen LogP contribution in [-0.4, -0.2) is 11.2 Å². The molecule has 0 fully saturated rings. The summed E-state index contributed by atoms with van der Waals surface area (Å²) in [6.45, 7) is 0. The summed E-state index contributed by atoms with van der Waals surface area (Å²) in [6, 6.07) is 10.7. The van der Waals surface area contributed by atoms with Gasteiger partial charge in [0, 0.05) is 22.7 Å². The summed E-state index contributed by atoms with van der Waals surface area (Å²) < 4.78 is 13.2. The number of nitrogens with zero attached hydrogens (tertiary/aromatic N) is 1. The fourth-order valence-corrected chi connectivity index (χ4v) is 2.08. The molecule has 0 saturated heterocycles. The van der Waals surface area contributed by atoms with Crippen LogP contribution in [0.2, 0.25) is 0 Å². The Hall–Kier alpha value is -2.08. The van der Waals surface area contributed by atoms with E-state index in [1.807, 2.05) is 24.5 Å². The van der Waals surface area contributed by atoms with Crippen molar-refractivity contribution in [3.8, 4) is 0 Å². The van der Waals surface area contributed by atoms with Crippen molar-refractivity contribution < 1.29 is 9.31 Å². The number of nitro benzene ring substituents is 1. The highest BCUT2D eigenvalue weighted by Gasteiger charge is 2.14. The van der Waals surface area contributed by atoms with Gasteiger partial charge in [0.2, 0.25) is 0 Å². The van der Waals surface area contributed by atoms with Gasteiger partial charge in [0.25, 0.3) is 5.69 Å². The molecule has 2 rings (SSSR count). The molecule has 0 unspecified atom stereocenters. The number of benzene rings is 2. The second-order valence-corrected chi connectivity index (χ2v) is 4.66. The lowest BCUT2D eigenvalue weighted by Gasteiger charge is -2.08. The smallest absolute Gasteiger partial charge is 0.292 e. The molecule has 0 saturated carbocycles. The van der Waals surface area contributed by atoms with Crippen LogP contribution in [0.4, 0.5) is 21.5 Å². The van der Waals surface area contributed by atoms with Gasteiger partial charge < -0.3 is 5.32 Å². The predicted molar refractivity (Wildman–Crippen MR) is 74.6 cm³/mol. The highest BCUT2D eigenvalue weighted by molar-refractivity contribution is 7.98. The van der Waals surface area contributed by atoms with E-state index in [-0.39, 0.29) is 11.4 Å². The molecule has 4 nitrogen and oxygen atoms in total. The molecule has 0 bridgehead atoms. The van der Waals surface area contributed by atoms with Crippen molar-refractivity contribution in [2.75, 3.05) is 11.6 Å². The number of hydrogen-bond donors (Lipinski definition) is 1. The maximum absolute atomic E-state index is 13.2. The molecule has 0 aliphatic rings. The molecule has 2 aromatic rings. The van der Waals surface area contributed by atoms with E-state index < -0.39 is 10.7 Å². The highest BCUT2D eigenvalue weighted by Crippen LogP contribution is 2.29. The second-order valence-electron chi connectivity index (χ2n) is 3.78. The lowest BCUT2D eigenvalue weighted by molar-refractivity contribution is -0.384. The Morgan fingerprint density at radius 2 is 2.05 bits per heavy atom. The normalized spacial score (nSPS) is 10.2. The summed E-state index contributed by atoms with van der Waals surface area (Å²) in [5.74, 6) is -0.519. The topological polar surface area (TPSA) is 55.2 Å². The molecule has 0 aliphatic carbocycles. The summed E-state index contributed by atoms with van der Waals surface area (Å²) in [4.78, 5) is 11.4. The minimum Gasteiger partial charge on any atom is -0.350 e. The number of hydrogen-bond acceptors (Lipinski definition) is 4. The molecule has 6 heteroatoms. The van der Waals surface area contributed by atoms with E-state index in [1.54, 1.807) is 17.8 Å². The Morgan fingerprint density at radius 1 is 1.26 bits per heavy atom. The van der Waals surface area contributed by atoms with Gasteiger partial charge in [-0.15, -0.1) is 11.8 Å². The summed E-state index contributed by atoms with van der Waals surface area (Å²) in [6.07, 6.45) is 1.93. The highest BCUT2D eigenvalue weighted by atomic mass is 32.2. The van der Waals surface area contributed by atoms with Crippen LogP contribution >= 0.6 is 11.8 Å². The quantitative estimate of drug-likeness (QED) is 0.517. The zero-order valence-electron chi connectivity index (χ0n) is 10.1. The summed E-state index contributed by atoms with van der Waals surface area (Å²) >= 11 is 1.56. The molecule has 0 aliphatic heterocycles. The first-order valence-electron chi connectivity index (χ1n) is 5.45. The lowest BCUT2D eigenvalue weighted by Crippen LogP contribution is -1.97. The molecule has 0 amide bonds. The van der Waals surface area contributed by atoms with E-state index in [0.29, 0.717) is 5.69 Å². The molecule has 0 heterocycles. The number of nitro groups is 1. The van der Waals surface area contributed by atoms with Gasteiger partial charge in [-0.05, 0) is 30.5 Å². The van der Waals surface area contributed by atoms with Crippen molar-refractivity contribution >= 4 is 28.8 Å². The Morgan fingerprint density at radius 3 is 2.74 bits per heavy atom. The van der Waals surface area contributed by atoms with Crippen LogP contribution in [0.15, 0.2) is 47.4 Å². The molecule has 19 heavy (non-hydrogen) atoms. The maximum atomic E-state index is 13.2. The Bertz CT molecular complexity index is 619. The van der Waals surface area contributed by atoms with Crippen LogP contribution < -0.4 is 5.32 Å². The number of rotatable bonds is 4. The van der Waals surface area contributed by atoms with E-state index >= 15 is 0 Å². The average Bonchev–Trinajstić information content (AvgIpc) is 2.38. The lowest BCUT2D eigenvalue weighted by atomic mass is 10.2. The third-order valence-electron chi connectivity index (χ3n) is 2.50. The summed E-state index contributed by atoms with van der Waals surface area (Å²) in [7, 11) is 0. The molecule has 98 valence electrons. The van der Waals surface area contributed by atoms with Crippen molar-refractivity contribution in [1.29, 1.82) is 0 Å². The van der Waals surface area contributed by atoms with E-state index in [2.05, 4.69) is 5.32 Å². The Labute approximate surface area is 113 Å². The first-order valence-corrected chi connectivity index (χ1v) is 6.67. The van der Waals surface area contributed by atoms with Gasteiger partial charge in [0.05, 0.1) is 4.92 Å². The Balaban J connectivity index is 2.36. The van der Waals surface area contributed by atoms with Gasteiger partial charge in [-0.3, -0.25) is 10.1 Å². The molecule has 0 radical (unpaired) electrons. The van der Waals surface area contributed by atoms with Crippen LogP contribution in [0.3, 0.4) is 0 Å².